The Labute approximate surface area is 129 Å². The zero-order chi connectivity index (χ0) is 15.1. The van der Waals surface area contributed by atoms with Gasteiger partial charge in [-0.05, 0) is 5.56 Å². The van der Waals surface area contributed by atoms with E-state index in [2.05, 4.69) is 40.0 Å². The van der Waals surface area contributed by atoms with E-state index in [-0.39, 0.29) is 12.0 Å². The minimum Gasteiger partial charge on any atom is -0.473 e. The number of aliphatic hydroxyl groups is 1. The van der Waals surface area contributed by atoms with Crippen molar-refractivity contribution in [2.45, 2.75) is 25.4 Å². The van der Waals surface area contributed by atoms with Crippen LogP contribution in [0.5, 0.6) is 5.88 Å². The molecule has 1 aromatic carbocycles. The number of nitrogens with one attached hydrogen (secondary N) is 1. The van der Waals surface area contributed by atoms with E-state index in [1.54, 1.807) is 6.20 Å². The predicted octanol–water partition coefficient (Wildman–Crippen LogP) is 1.85. The van der Waals surface area contributed by atoms with Gasteiger partial charge in [0.05, 0.1) is 11.7 Å². The second-order valence-corrected chi connectivity index (χ2v) is 6.15. The smallest absolute Gasteiger partial charge is 0.245 e. The van der Waals surface area contributed by atoms with Crippen LogP contribution in [0.3, 0.4) is 0 Å². The fraction of sp³-hybridized carbons (Fsp3) is 0.467. The summed E-state index contributed by atoms with van der Waals surface area (Å²) in [6, 6.07) is 10.3. The van der Waals surface area contributed by atoms with Crippen LogP contribution in [0.15, 0.2) is 36.5 Å². The highest BCUT2D eigenvalue weighted by molar-refractivity contribution is 6.99. The lowest BCUT2D eigenvalue weighted by Gasteiger charge is -2.26. The third-order valence-corrected chi connectivity index (χ3v) is 3.73. The van der Waals surface area contributed by atoms with Crippen molar-refractivity contribution in [1.82, 2.24) is 14.1 Å². The van der Waals surface area contributed by atoms with Crippen molar-refractivity contribution in [3.63, 3.8) is 0 Å². The van der Waals surface area contributed by atoms with Crippen LogP contribution in [-0.4, -0.2) is 39.7 Å². The third kappa shape index (κ3) is 5.08. The van der Waals surface area contributed by atoms with Crippen LogP contribution in [-0.2, 0) is 5.41 Å². The molecular formula is C15H21N3O2S. The normalized spacial score (nSPS) is 13.1. The molecule has 1 heterocycles. The quantitative estimate of drug-likeness (QED) is 0.779. The van der Waals surface area contributed by atoms with Crippen LogP contribution >= 0.6 is 11.7 Å². The Hall–Kier alpha value is -1.50. The van der Waals surface area contributed by atoms with Crippen LogP contribution in [0.25, 0.3) is 0 Å². The van der Waals surface area contributed by atoms with E-state index in [0.717, 1.165) is 18.3 Å². The van der Waals surface area contributed by atoms with E-state index >= 15 is 0 Å². The number of nitrogens with zero attached hydrogens (tertiary/aromatic N) is 2. The predicted molar refractivity (Wildman–Crippen MR) is 83.7 cm³/mol. The first kappa shape index (κ1) is 15.9. The first-order valence-corrected chi connectivity index (χ1v) is 7.65. The Morgan fingerprint density at radius 1 is 1.33 bits per heavy atom. The molecule has 1 atom stereocenters. The number of aliphatic hydroxyl groups excluding tert-OH is 1. The van der Waals surface area contributed by atoms with Gasteiger partial charge in [-0.15, -0.1) is 4.37 Å². The molecule has 2 aromatic rings. The van der Waals surface area contributed by atoms with E-state index in [4.69, 9.17) is 4.74 Å². The highest BCUT2D eigenvalue weighted by atomic mass is 32.1. The summed E-state index contributed by atoms with van der Waals surface area (Å²) in [5.74, 6) is 0.462. The van der Waals surface area contributed by atoms with Gasteiger partial charge in [0, 0.05) is 18.5 Å². The van der Waals surface area contributed by atoms with Crippen molar-refractivity contribution in [2.75, 3.05) is 19.7 Å². The molecule has 6 heteroatoms. The number of ether oxygens (including phenoxy) is 1. The van der Waals surface area contributed by atoms with Crippen LogP contribution < -0.4 is 10.1 Å². The average molecular weight is 307 g/mol. The molecule has 5 nitrogen and oxygen atoms in total. The Morgan fingerprint density at radius 2 is 2.10 bits per heavy atom. The zero-order valence-electron chi connectivity index (χ0n) is 12.3. The molecule has 2 N–H and O–H groups in total. The van der Waals surface area contributed by atoms with Gasteiger partial charge in [0.2, 0.25) is 5.88 Å². The summed E-state index contributed by atoms with van der Waals surface area (Å²) in [6.45, 7) is 5.84. The molecule has 1 aromatic heterocycles. The average Bonchev–Trinajstić information content (AvgIpc) is 2.99. The lowest BCUT2D eigenvalue weighted by molar-refractivity contribution is 0.103. The summed E-state index contributed by atoms with van der Waals surface area (Å²) in [5, 5.41) is 13.2. The summed E-state index contributed by atoms with van der Waals surface area (Å²) in [6.07, 6.45) is 0.974. The van der Waals surface area contributed by atoms with E-state index in [1.807, 2.05) is 18.2 Å². The maximum absolute atomic E-state index is 9.88. The van der Waals surface area contributed by atoms with E-state index in [1.165, 1.54) is 5.56 Å². The summed E-state index contributed by atoms with van der Waals surface area (Å²) in [4.78, 5) is 0. The van der Waals surface area contributed by atoms with Gasteiger partial charge in [0.15, 0.2) is 0 Å². The first-order valence-electron chi connectivity index (χ1n) is 6.92. The van der Waals surface area contributed by atoms with Crippen molar-refractivity contribution in [3.05, 3.63) is 42.1 Å². The van der Waals surface area contributed by atoms with Gasteiger partial charge >= 0.3 is 0 Å². The molecule has 1 unspecified atom stereocenters. The molecule has 0 radical (unpaired) electrons. The van der Waals surface area contributed by atoms with Gasteiger partial charge in [-0.2, -0.15) is 4.37 Å². The summed E-state index contributed by atoms with van der Waals surface area (Å²) >= 11 is 1.09. The maximum atomic E-state index is 9.88. The fourth-order valence-electron chi connectivity index (χ4n) is 2.00. The van der Waals surface area contributed by atoms with Crippen molar-refractivity contribution in [1.29, 1.82) is 0 Å². The zero-order valence-corrected chi connectivity index (χ0v) is 13.1. The highest BCUT2D eigenvalue weighted by Crippen LogP contribution is 2.21. The van der Waals surface area contributed by atoms with E-state index < -0.39 is 6.10 Å². The maximum Gasteiger partial charge on any atom is 0.245 e. The van der Waals surface area contributed by atoms with Crippen molar-refractivity contribution in [2.24, 2.45) is 0 Å². The molecule has 0 saturated heterocycles. The Balaban J connectivity index is 1.70. The molecule has 0 aliphatic carbocycles. The summed E-state index contributed by atoms with van der Waals surface area (Å²) in [7, 11) is 0. The summed E-state index contributed by atoms with van der Waals surface area (Å²) < 4.78 is 13.1. The largest absolute Gasteiger partial charge is 0.473 e. The SMILES string of the molecule is CC(C)(CNCC(O)COc1cnsn1)c1ccccc1. The molecule has 0 spiro atoms. The molecule has 114 valence electrons. The third-order valence-electron chi connectivity index (χ3n) is 3.27. The Bertz CT molecular complexity index is 517. The number of hydrogen-bond acceptors (Lipinski definition) is 6. The van der Waals surface area contributed by atoms with Crippen LogP contribution in [0.1, 0.15) is 19.4 Å². The number of rotatable bonds is 8. The molecule has 2 rings (SSSR count). The Kier molecular flexibility index (Phi) is 5.67. The second kappa shape index (κ2) is 7.49. The van der Waals surface area contributed by atoms with Gasteiger partial charge in [-0.25, -0.2) is 0 Å². The standard InChI is InChI=1S/C15H21N3O2S/c1-15(2,12-6-4-3-5-7-12)11-16-8-13(19)10-20-14-9-17-21-18-14/h3-7,9,13,16,19H,8,10-11H2,1-2H3. The van der Waals surface area contributed by atoms with Gasteiger partial charge in [-0.1, -0.05) is 44.2 Å². The van der Waals surface area contributed by atoms with Crippen LogP contribution in [0.2, 0.25) is 0 Å². The van der Waals surface area contributed by atoms with E-state index in [9.17, 15) is 5.11 Å². The van der Waals surface area contributed by atoms with Gasteiger partial charge in [-0.3, -0.25) is 0 Å². The van der Waals surface area contributed by atoms with Crippen molar-refractivity contribution in [3.8, 4) is 5.88 Å². The van der Waals surface area contributed by atoms with Gasteiger partial charge in [0.1, 0.15) is 18.9 Å². The molecule has 0 bridgehead atoms. The first-order chi connectivity index (χ1) is 10.1. The van der Waals surface area contributed by atoms with Crippen LogP contribution in [0, 0.1) is 0 Å². The highest BCUT2D eigenvalue weighted by Gasteiger charge is 2.20. The number of benzene rings is 1. The van der Waals surface area contributed by atoms with E-state index in [0.29, 0.717) is 12.4 Å². The molecule has 21 heavy (non-hydrogen) atoms. The molecule has 0 saturated carbocycles. The van der Waals surface area contributed by atoms with Crippen molar-refractivity contribution < 1.29 is 9.84 Å². The topological polar surface area (TPSA) is 67.3 Å². The van der Waals surface area contributed by atoms with Crippen LogP contribution in [0.4, 0.5) is 0 Å². The molecule has 0 amide bonds. The summed E-state index contributed by atoms with van der Waals surface area (Å²) in [5.41, 5.74) is 1.29. The monoisotopic (exact) mass is 307 g/mol. The lowest BCUT2D eigenvalue weighted by Crippen LogP contribution is -2.38. The molecule has 0 fully saturated rings. The molecule has 0 aliphatic heterocycles. The van der Waals surface area contributed by atoms with Gasteiger partial charge < -0.3 is 15.2 Å². The van der Waals surface area contributed by atoms with Gasteiger partial charge in [0.25, 0.3) is 0 Å². The fourth-order valence-corrected chi connectivity index (χ4v) is 2.37. The molecule has 0 aliphatic rings. The second-order valence-electron chi connectivity index (χ2n) is 5.59. The Morgan fingerprint density at radius 3 is 2.76 bits per heavy atom. The lowest BCUT2D eigenvalue weighted by atomic mass is 9.84. The van der Waals surface area contributed by atoms with Crippen molar-refractivity contribution >= 4 is 11.7 Å². The minimum atomic E-state index is -0.571. The number of hydrogen-bond donors (Lipinski definition) is 2. The minimum absolute atomic E-state index is 0.0146. The molecular weight excluding hydrogens is 286 g/mol. The number of aromatic nitrogens is 2.